The number of hydrogen-bond donors (Lipinski definition) is 0. The van der Waals surface area contributed by atoms with Crippen molar-refractivity contribution in [2.45, 2.75) is 32.2 Å². The molecule has 0 amide bonds. The lowest BCUT2D eigenvalue weighted by atomic mass is 10.2. The predicted molar refractivity (Wildman–Crippen MR) is 73.0 cm³/mol. The lowest BCUT2D eigenvalue weighted by molar-refractivity contribution is -0.154. The number of ether oxygens (including phenoxy) is 4. The maximum absolute atomic E-state index is 11.9. The minimum absolute atomic E-state index is 0.0566. The summed E-state index contributed by atoms with van der Waals surface area (Å²) in [5.41, 5.74) is 0. The summed E-state index contributed by atoms with van der Waals surface area (Å²) in [6, 6.07) is -0.708. The number of carbonyl (C=O) groups is 2. The van der Waals surface area contributed by atoms with E-state index in [-0.39, 0.29) is 29.3 Å². The Balaban J connectivity index is 4.72. The first-order valence-corrected chi connectivity index (χ1v) is 7.39. The molecule has 20 heavy (non-hydrogen) atoms. The van der Waals surface area contributed by atoms with E-state index in [1.54, 1.807) is 25.5 Å². The summed E-state index contributed by atoms with van der Waals surface area (Å²) in [5.74, 6) is -1.35. The van der Waals surface area contributed by atoms with Crippen LogP contribution in [0.25, 0.3) is 0 Å². The Labute approximate surface area is 122 Å². The molecule has 7 nitrogen and oxygen atoms in total. The van der Waals surface area contributed by atoms with E-state index >= 15 is 0 Å². The molecule has 0 saturated heterocycles. The van der Waals surface area contributed by atoms with Gasteiger partial charge in [0.05, 0.1) is 19.6 Å². The molecule has 1 atom stereocenters. The van der Waals surface area contributed by atoms with Gasteiger partial charge in [-0.1, -0.05) is 0 Å². The van der Waals surface area contributed by atoms with Crippen LogP contribution in [0.2, 0.25) is 0 Å². The van der Waals surface area contributed by atoms with E-state index in [1.165, 1.54) is 14.2 Å². The fourth-order valence-electron chi connectivity index (χ4n) is 1.45. The Morgan fingerprint density at radius 3 is 2.10 bits per heavy atom. The summed E-state index contributed by atoms with van der Waals surface area (Å²) in [4.78, 5) is 23.5. The summed E-state index contributed by atoms with van der Waals surface area (Å²) in [6.45, 7) is 3.97. The SMILES string of the molecule is CCOC(=O)C[C@@H](C(=O)OCC)N(C)[Si]C(OC)OC. The van der Waals surface area contributed by atoms with Crippen molar-refractivity contribution >= 4 is 21.6 Å². The second kappa shape index (κ2) is 10.8. The van der Waals surface area contributed by atoms with Crippen LogP contribution < -0.4 is 0 Å². The molecule has 0 aliphatic carbocycles. The Hall–Kier alpha value is -0.963. The van der Waals surface area contributed by atoms with Gasteiger partial charge in [-0.2, -0.15) is 0 Å². The maximum Gasteiger partial charge on any atom is 0.323 e. The quantitative estimate of drug-likeness (QED) is 0.319. The number of esters is 2. The van der Waals surface area contributed by atoms with Gasteiger partial charge in [0.2, 0.25) is 9.68 Å². The highest BCUT2D eigenvalue weighted by Crippen LogP contribution is 2.07. The first-order chi connectivity index (χ1) is 9.49. The first-order valence-electron chi connectivity index (χ1n) is 6.36. The van der Waals surface area contributed by atoms with Crippen LogP contribution in [0, 0.1) is 0 Å². The number of rotatable bonds is 10. The fourth-order valence-corrected chi connectivity index (χ4v) is 2.37. The van der Waals surface area contributed by atoms with Crippen molar-refractivity contribution in [3.63, 3.8) is 0 Å². The van der Waals surface area contributed by atoms with Crippen molar-refractivity contribution in [2.24, 2.45) is 0 Å². The van der Waals surface area contributed by atoms with Crippen LogP contribution >= 0.6 is 0 Å². The van der Waals surface area contributed by atoms with Crippen molar-refractivity contribution in [2.75, 3.05) is 34.5 Å². The van der Waals surface area contributed by atoms with Crippen LogP contribution in [-0.4, -0.2) is 72.6 Å². The van der Waals surface area contributed by atoms with Crippen molar-refractivity contribution < 1.29 is 28.5 Å². The third-order valence-corrected chi connectivity index (χ3v) is 3.83. The molecule has 0 saturated carbocycles. The molecule has 0 aromatic rings. The highest BCUT2D eigenvalue weighted by molar-refractivity contribution is 6.33. The Bertz CT molecular complexity index is 298. The molecule has 0 N–H and O–H groups in total. The molecule has 0 aromatic carbocycles. The highest BCUT2D eigenvalue weighted by Gasteiger charge is 2.30. The summed E-state index contributed by atoms with van der Waals surface area (Å²) in [7, 11) is 4.80. The zero-order chi connectivity index (χ0) is 15.5. The lowest BCUT2D eigenvalue weighted by Crippen LogP contribution is -2.47. The molecule has 0 aliphatic rings. The first kappa shape index (κ1) is 19.0. The normalized spacial score (nSPS) is 12.6. The van der Waals surface area contributed by atoms with E-state index in [4.69, 9.17) is 18.9 Å². The Morgan fingerprint density at radius 2 is 1.65 bits per heavy atom. The minimum atomic E-state index is -0.708. The average molecular weight is 305 g/mol. The number of hydrogen-bond acceptors (Lipinski definition) is 7. The molecule has 2 radical (unpaired) electrons. The van der Waals surface area contributed by atoms with Gasteiger partial charge < -0.3 is 23.5 Å². The average Bonchev–Trinajstić information content (AvgIpc) is 2.42. The van der Waals surface area contributed by atoms with Gasteiger partial charge in [0.1, 0.15) is 6.04 Å². The standard InChI is InChI=1S/C12H23NO6Si/c1-6-18-10(14)8-9(11(15)19-7-2)13(3)20-12(16-4)17-5/h9,12H,6-8H2,1-5H3/t9-/m0/s1. The number of nitrogens with zero attached hydrogens (tertiary/aromatic N) is 1. The third kappa shape index (κ3) is 6.99. The van der Waals surface area contributed by atoms with Gasteiger partial charge in [0, 0.05) is 14.2 Å². The van der Waals surface area contributed by atoms with Crippen LogP contribution in [0.5, 0.6) is 0 Å². The number of likely N-dealkylation sites (N-methyl/N-ethyl adjacent to an activating group) is 1. The monoisotopic (exact) mass is 305 g/mol. The second-order valence-electron chi connectivity index (χ2n) is 3.82. The molecular formula is C12H23NO6Si. The Morgan fingerprint density at radius 1 is 1.10 bits per heavy atom. The van der Waals surface area contributed by atoms with Gasteiger partial charge in [0.25, 0.3) is 0 Å². The zero-order valence-corrected chi connectivity index (χ0v) is 13.7. The van der Waals surface area contributed by atoms with E-state index in [0.29, 0.717) is 0 Å². The van der Waals surface area contributed by atoms with Crippen LogP contribution in [0.3, 0.4) is 0 Å². The molecule has 0 fully saturated rings. The molecule has 8 heteroatoms. The van der Waals surface area contributed by atoms with Crippen LogP contribution in [0.15, 0.2) is 0 Å². The number of carbonyl (C=O) groups excluding carboxylic acids is 2. The van der Waals surface area contributed by atoms with E-state index in [1.807, 2.05) is 0 Å². The van der Waals surface area contributed by atoms with E-state index in [0.717, 1.165) is 0 Å². The van der Waals surface area contributed by atoms with Gasteiger partial charge in [-0.15, -0.1) is 0 Å². The second-order valence-corrected chi connectivity index (χ2v) is 5.26. The molecule has 0 aromatic heterocycles. The molecular weight excluding hydrogens is 282 g/mol. The molecule has 0 bridgehead atoms. The van der Waals surface area contributed by atoms with Gasteiger partial charge in [0.15, 0.2) is 5.91 Å². The topological polar surface area (TPSA) is 74.3 Å². The Kier molecular flexibility index (Phi) is 10.3. The molecule has 0 heterocycles. The molecule has 0 spiro atoms. The lowest BCUT2D eigenvalue weighted by Gasteiger charge is -2.27. The fraction of sp³-hybridized carbons (Fsp3) is 0.833. The van der Waals surface area contributed by atoms with E-state index < -0.39 is 23.9 Å². The summed E-state index contributed by atoms with van der Waals surface area (Å²) in [5, 5.41) is 0. The summed E-state index contributed by atoms with van der Waals surface area (Å²) >= 11 is 0. The highest BCUT2D eigenvalue weighted by atomic mass is 28.2. The van der Waals surface area contributed by atoms with Gasteiger partial charge in [-0.25, -0.2) is 0 Å². The smallest absolute Gasteiger partial charge is 0.323 e. The summed E-state index contributed by atoms with van der Waals surface area (Å²) < 4.78 is 21.7. The van der Waals surface area contributed by atoms with Crippen molar-refractivity contribution in [3.8, 4) is 0 Å². The zero-order valence-electron chi connectivity index (χ0n) is 12.7. The molecule has 0 aliphatic heterocycles. The molecule has 0 unspecified atom stereocenters. The van der Waals surface area contributed by atoms with Crippen molar-refractivity contribution in [1.29, 1.82) is 0 Å². The van der Waals surface area contributed by atoms with Crippen molar-refractivity contribution in [1.82, 2.24) is 4.57 Å². The predicted octanol–water partition coefficient (Wildman–Crippen LogP) is -0.00130. The largest absolute Gasteiger partial charge is 0.466 e. The molecule has 0 rings (SSSR count). The van der Waals surface area contributed by atoms with Crippen LogP contribution in [-0.2, 0) is 28.5 Å². The number of methoxy groups -OCH3 is 2. The van der Waals surface area contributed by atoms with E-state index in [2.05, 4.69) is 0 Å². The van der Waals surface area contributed by atoms with Gasteiger partial charge >= 0.3 is 11.9 Å². The van der Waals surface area contributed by atoms with Crippen molar-refractivity contribution in [3.05, 3.63) is 0 Å². The third-order valence-electron chi connectivity index (χ3n) is 2.43. The minimum Gasteiger partial charge on any atom is -0.466 e. The van der Waals surface area contributed by atoms with Crippen LogP contribution in [0.1, 0.15) is 20.3 Å². The maximum atomic E-state index is 11.9. The summed E-state index contributed by atoms with van der Waals surface area (Å²) in [6.07, 6.45) is -0.0592. The van der Waals surface area contributed by atoms with Crippen LogP contribution in [0.4, 0.5) is 0 Å². The van der Waals surface area contributed by atoms with E-state index in [9.17, 15) is 9.59 Å². The molecule has 116 valence electrons. The van der Waals surface area contributed by atoms with Gasteiger partial charge in [-0.05, 0) is 20.9 Å². The van der Waals surface area contributed by atoms with Gasteiger partial charge in [-0.3, -0.25) is 9.59 Å².